The van der Waals surface area contributed by atoms with E-state index in [2.05, 4.69) is 26.2 Å². The highest BCUT2D eigenvalue weighted by Crippen LogP contribution is 2.20. The number of carbonyl (C=O) groups is 1. The van der Waals surface area contributed by atoms with Gasteiger partial charge in [-0.2, -0.15) is 0 Å². The normalized spacial score (nSPS) is 10.7. The predicted octanol–water partition coefficient (Wildman–Crippen LogP) is 1.22. The third-order valence-corrected chi connectivity index (χ3v) is 4.22. The smallest absolute Gasteiger partial charge is 0.244 e. The molecule has 0 aliphatic rings. The zero-order chi connectivity index (χ0) is 13.8. The first kappa shape index (κ1) is 14.2. The van der Waals surface area contributed by atoms with E-state index in [-0.39, 0.29) is 12.5 Å². The lowest BCUT2D eigenvalue weighted by molar-refractivity contribution is -0.131. The molecule has 19 heavy (non-hydrogen) atoms. The van der Waals surface area contributed by atoms with E-state index in [1.165, 1.54) is 4.68 Å². The van der Waals surface area contributed by atoms with Gasteiger partial charge in [-0.15, -0.1) is 16.4 Å². The van der Waals surface area contributed by atoms with Gasteiger partial charge in [0.05, 0.1) is 18.4 Å². The summed E-state index contributed by atoms with van der Waals surface area (Å²) >= 11 is 5.01. The van der Waals surface area contributed by atoms with E-state index in [1.807, 2.05) is 11.4 Å². The SMILES string of the molecule is CN(Cc1cc(Br)cs1)C(=O)Cn1cc(CN)nn1. The maximum absolute atomic E-state index is 12.0. The lowest BCUT2D eigenvalue weighted by Crippen LogP contribution is -2.29. The molecular weight excluding hydrogens is 330 g/mol. The number of amides is 1. The van der Waals surface area contributed by atoms with Gasteiger partial charge in [-0.25, -0.2) is 4.68 Å². The van der Waals surface area contributed by atoms with Crippen molar-refractivity contribution in [3.05, 3.63) is 32.7 Å². The van der Waals surface area contributed by atoms with Crippen molar-refractivity contribution in [2.45, 2.75) is 19.6 Å². The summed E-state index contributed by atoms with van der Waals surface area (Å²) in [5.74, 6) is -0.0157. The Morgan fingerprint density at radius 3 is 3.00 bits per heavy atom. The second-order valence-corrected chi connectivity index (χ2v) is 6.00. The van der Waals surface area contributed by atoms with Crippen molar-refractivity contribution in [3.63, 3.8) is 0 Å². The Hall–Kier alpha value is -1.25. The summed E-state index contributed by atoms with van der Waals surface area (Å²) in [5.41, 5.74) is 6.12. The van der Waals surface area contributed by atoms with Gasteiger partial charge in [0.15, 0.2) is 0 Å². The monoisotopic (exact) mass is 343 g/mol. The van der Waals surface area contributed by atoms with Gasteiger partial charge >= 0.3 is 0 Å². The lowest BCUT2D eigenvalue weighted by atomic mass is 10.4. The number of nitrogens with zero attached hydrogens (tertiary/aromatic N) is 4. The van der Waals surface area contributed by atoms with Gasteiger partial charge in [0.25, 0.3) is 0 Å². The van der Waals surface area contributed by atoms with Gasteiger partial charge in [-0.3, -0.25) is 4.79 Å². The fraction of sp³-hybridized carbons (Fsp3) is 0.364. The summed E-state index contributed by atoms with van der Waals surface area (Å²) in [6.45, 7) is 1.09. The fourth-order valence-corrected chi connectivity index (χ4v) is 3.03. The molecule has 2 N–H and O–H groups in total. The molecule has 0 bridgehead atoms. The van der Waals surface area contributed by atoms with Crippen LogP contribution in [0.1, 0.15) is 10.6 Å². The number of aromatic nitrogens is 3. The van der Waals surface area contributed by atoms with Crippen molar-refractivity contribution < 1.29 is 4.79 Å². The van der Waals surface area contributed by atoms with Crippen LogP contribution in [0.3, 0.4) is 0 Å². The van der Waals surface area contributed by atoms with Crippen LogP contribution in [0.4, 0.5) is 0 Å². The number of likely N-dealkylation sites (N-methyl/N-ethyl adjacent to an activating group) is 1. The van der Waals surface area contributed by atoms with E-state index in [1.54, 1.807) is 29.5 Å². The molecule has 0 radical (unpaired) electrons. The Morgan fingerprint density at radius 2 is 2.42 bits per heavy atom. The van der Waals surface area contributed by atoms with Crippen molar-refractivity contribution in [3.8, 4) is 0 Å². The summed E-state index contributed by atoms with van der Waals surface area (Å²) in [5, 5.41) is 9.70. The van der Waals surface area contributed by atoms with E-state index in [9.17, 15) is 4.79 Å². The minimum atomic E-state index is -0.0157. The molecule has 2 aromatic heterocycles. The van der Waals surface area contributed by atoms with Crippen molar-refractivity contribution in [2.24, 2.45) is 5.73 Å². The number of rotatable bonds is 5. The molecule has 0 unspecified atom stereocenters. The van der Waals surface area contributed by atoms with Gasteiger partial charge in [0.2, 0.25) is 5.91 Å². The van der Waals surface area contributed by atoms with Crippen molar-refractivity contribution in [1.29, 1.82) is 0 Å². The molecule has 1 amide bonds. The van der Waals surface area contributed by atoms with Crippen LogP contribution in [-0.2, 0) is 24.4 Å². The zero-order valence-electron chi connectivity index (χ0n) is 10.4. The van der Waals surface area contributed by atoms with Gasteiger partial charge in [-0.1, -0.05) is 5.21 Å². The highest BCUT2D eigenvalue weighted by molar-refractivity contribution is 9.10. The van der Waals surface area contributed by atoms with E-state index < -0.39 is 0 Å². The molecule has 0 saturated heterocycles. The van der Waals surface area contributed by atoms with Crippen LogP contribution >= 0.6 is 27.3 Å². The highest BCUT2D eigenvalue weighted by Gasteiger charge is 2.12. The van der Waals surface area contributed by atoms with Gasteiger partial charge in [0, 0.05) is 28.3 Å². The molecule has 2 heterocycles. The average molecular weight is 344 g/mol. The molecule has 0 spiro atoms. The average Bonchev–Trinajstić information content (AvgIpc) is 2.98. The quantitative estimate of drug-likeness (QED) is 0.885. The predicted molar refractivity (Wildman–Crippen MR) is 76.4 cm³/mol. The Balaban J connectivity index is 1.91. The van der Waals surface area contributed by atoms with Crippen molar-refractivity contribution in [1.82, 2.24) is 19.9 Å². The van der Waals surface area contributed by atoms with Crippen molar-refractivity contribution >= 4 is 33.2 Å². The number of nitrogens with two attached hydrogens (primary N) is 1. The third-order valence-electron chi connectivity index (χ3n) is 2.53. The minimum Gasteiger partial charge on any atom is -0.339 e. The van der Waals surface area contributed by atoms with Crippen LogP contribution in [0.25, 0.3) is 0 Å². The fourth-order valence-electron chi connectivity index (χ4n) is 1.53. The minimum absolute atomic E-state index is 0.0157. The molecule has 0 aliphatic heterocycles. The van der Waals surface area contributed by atoms with Gasteiger partial charge < -0.3 is 10.6 Å². The summed E-state index contributed by atoms with van der Waals surface area (Å²) in [6, 6.07) is 2.01. The first-order valence-electron chi connectivity index (χ1n) is 5.64. The first-order chi connectivity index (χ1) is 9.08. The van der Waals surface area contributed by atoms with Crippen molar-refractivity contribution in [2.75, 3.05) is 7.05 Å². The molecular formula is C11H14BrN5OS. The zero-order valence-corrected chi connectivity index (χ0v) is 12.8. The molecule has 0 fully saturated rings. The third kappa shape index (κ3) is 3.85. The molecule has 0 aliphatic carbocycles. The Kier molecular flexibility index (Phi) is 4.67. The number of thiophene rings is 1. The second-order valence-electron chi connectivity index (χ2n) is 4.09. The molecule has 2 aromatic rings. The van der Waals surface area contributed by atoms with Crippen LogP contribution in [0.15, 0.2) is 22.1 Å². The van der Waals surface area contributed by atoms with Crippen LogP contribution < -0.4 is 5.73 Å². The maximum atomic E-state index is 12.0. The maximum Gasteiger partial charge on any atom is 0.244 e. The molecule has 102 valence electrons. The van der Waals surface area contributed by atoms with Crippen LogP contribution in [0.2, 0.25) is 0 Å². The Labute approximate surface area is 123 Å². The summed E-state index contributed by atoms with van der Waals surface area (Å²) in [7, 11) is 1.77. The lowest BCUT2D eigenvalue weighted by Gasteiger charge is -2.15. The summed E-state index contributed by atoms with van der Waals surface area (Å²) < 4.78 is 2.54. The largest absolute Gasteiger partial charge is 0.339 e. The van der Waals surface area contributed by atoms with Gasteiger partial charge in [0.1, 0.15) is 6.54 Å². The van der Waals surface area contributed by atoms with E-state index >= 15 is 0 Å². The molecule has 0 saturated carbocycles. The number of halogens is 1. The van der Waals surface area contributed by atoms with E-state index in [0.717, 1.165) is 9.35 Å². The topological polar surface area (TPSA) is 77.0 Å². The highest BCUT2D eigenvalue weighted by atomic mass is 79.9. The first-order valence-corrected chi connectivity index (χ1v) is 7.31. The number of carbonyl (C=O) groups excluding carboxylic acids is 1. The number of hydrogen-bond donors (Lipinski definition) is 1. The number of hydrogen-bond acceptors (Lipinski definition) is 5. The molecule has 0 atom stereocenters. The van der Waals surface area contributed by atoms with E-state index in [4.69, 9.17) is 5.73 Å². The van der Waals surface area contributed by atoms with Gasteiger partial charge in [-0.05, 0) is 22.0 Å². The molecule has 0 aromatic carbocycles. The standard InChI is InChI=1S/C11H14BrN5OS/c1-16(5-10-2-8(12)7-19-10)11(18)6-17-4-9(3-13)14-15-17/h2,4,7H,3,5-6,13H2,1H3. The molecule has 2 rings (SSSR count). The second kappa shape index (κ2) is 6.27. The summed E-state index contributed by atoms with van der Waals surface area (Å²) in [6.07, 6.45) is 1.69. The Bertz CT molecular complexity index is 567. The van der Waals surface area contributed by atoms with E-state index in [0.29, 0.717) is 18.8 Å². The van der Waals surface area contributed by atoms with Crippen LogP contribution in [-0.4, -0.2) is 32.8 Å². The van der Waals surface area contributed by atoms with Crippen LogP contribution in [0, 0.1) is 0 Å². The summed E-state index contributed by atoms with van der Waals surface area (Å²) in [4.78, 5) is 14.8. The Morgan fingerprint density at radius 1 is 1.63 bits per heavy atom. The molecule has 8 heteroatoms. The molecule has 6 nitrogen and oxygen atoms in total. The van der Waals surface area contributed by atoms with Crippen LogP contribution in [0.5, 0.6) is 0 Å².